The normalized spacial score (nSPS) is 19.7. The molecule has 3 aromatic rings. The van der Waals surface area contributed by atoms with E-state index in [4.69, 9.17) is 0 Å². The molecule has 0 saturated carbocycles. The molecule has 0 radical (unpaired) electrons. The zero-order valence-corrected chi connectivity index (χ0v) is 15.5. The minimum Gasteiger partial charge on any atom is -0.381 e. The molecule has 2 unspecified atom stereocenters. The second-order valence-corrected chi connectivity index (χ2v) is 7.09. The number of allylic oxidation sites excluding steroid dienone is 4. The maximum Gasteiger partial charge on any atom is 0.180 e. The van der Waals surface area contributed by atoms with Gasteiger partial charge < -0.3 is 5.11 Å². The Morgan fingerprint density at radius 3 is 2.04 bits per heavy atom. The SMILES string of the molecule is O=C(C(O)c1ccccc1)C1(c2ccccc2)C=C(c2ccccc2)C=CC1. The van der Waals surface area contributed by atoms with Gasteiger partial charge in [0, 0.05) is 0 Å². The van der Waals surface area contributed by atoms with Crippen LogP contribution in [0.4, 0.5) is 0 Å². The number of benzene rings is 3. The van der Waals surface area contributed by atoms with Gasteiger partial charge in [0.05, 0.1) is 5.41 Å². The number of carbonyl (C=O) groups is 1. The van der Waals surface area contributed by atoms with Crippen molar-refractivity contribution in [3.05, 3.63) is 126 Å². The van der Waals surface area contributed by atoms with Crippen LogP contribution < -0.4 is 0 Å². The quantitative estimate of drug-likeness (QED) is 0.668. The minimum absolute atomic E-state index is 0.206. The highest BCUT2D eigenvalue weighted by molar-refractivity contribution is 5.99. The molecule has 0 aliphatic heterocycles. The number of rotatable bonds is 5. The van der Waals surface area contributed by atoms with Crippen molar-refractivity contribution in [1.29, 1.82) is 0 Å². The van der Waals surface area contributed by atoms with Crippen LogP contribution in [0.25, 0.3) is 5.57 Å². The van der Waals surface area contributed by atoms with Gasteiger partial charge in [-0.05, 0) is 28.7 Å². The van der Waals surface area contributed by atoms with Crippen molar-refractivity contribution in [2.45, 2.75) is 17.9 Å². The number of carbonyl (C=O) groups excluding carboxylic acids is 1. The van der Waals surface area contributed by atoms with Crippen LogP contribution in [0.2, 0.25) is 0 Å². The van der Waals surface area contributed by atoms with Crippen molar-refractivity contribution in [2.24, 2.45) is 0 Å². The highest BCUT2D eigenvalue weighted by Crippen LogP contribution is 2.41. The minimum atomic E-state index is -1.18. The van der Waals surface area contributed by atoms with Gasteiger partial charge in [0.15, 0.2) is 5.78 Å². The van der Waals surface area contributed by atoms with Crippen molar-refractivity contribution in [2.75, 3.05) is 0 Å². The molecule has 4 rings (SSSR count). The smallest absolute Gasteiger partial charge is 0.180 e. The number of ketones is 1. The summed E-state index contributed by atoms with van der Waals surface area (Å²) >= 11 is 0. The summed E-state index contributed by atoms with van der Waals surface area (Å²) in [5, 5.41) is 10.9. The van der Waals surface area contributed by atoms with Crippen LogP contribution in [-0.2, 0) is 10.2 Å². The highest BCUT2D eigenvalue weighted by Gasteiger charge is 2.42. The predicted octanol–water partition coefficient (Wildman–Crippen LogP) is 5.27. The van der Waals surface area contributed by atoms with Gasteiger partial charge in [-0.2, -0.15) is 0 Å². The molecule has 2 atom stereocenters. The Bertz CT molecular complexity index is 1000. The highest BCUT2D eigenvalue weighted by atomic mass is 16.3. The van der Waals surface area contributed by atoms with Crippen molar-refractivity contribution in [1.82, 2.24) is 0 Å². The second kappa shape index (κ2) is 7.79. The Balaban J connectivity index is 1.84. The largest absolute Gasteiger partial charge is 0.381 e. The third-order valence-electron chi connectivity index (χ3n) is 5.34. The zero-order chi connectivity index (χ0) is 19.4. The lowest BCUT2D eigenvalue weighted by atomic mass is 9.68. The molecule has 28 heavy (non-hydrogen) atoms. The van der Waals surface area contributed by atoms with Gasteiger partial charge in [-0.15, -0.1) is 0 Å². The molecule has 0 heterocycles. The summed E-state index contributed by atoms with van der Waals surface area (Å²) in [6.45, 7) is 0. The van der Waals surface area contributed by atoms with Crippen molar-refractivity contribution >= 4 is 11.4 Å². The van der Waals surface area contributed by atoms with E-state index in [0.717, 1.165) is 16.7 Å². The van der Waals surface area contributed by atoms with Crippen LogP contribution in [0.15, 0.2) is 109 Å². The zero-order valence-electron chi connectivity index (χ0n) is 15.5. The van der Waals surface area contributed by atoms with Crippen molar-refractivity contribution in [3.63, 3.8) is 0 Å². The van der Waals surface area contributed by atoms with Gasteiger partial charge in [-0.25, -0.2) is 0 Å². The van der Waals surface area contributed by atoms with Gasteiger partial charge in [-0.1, -0.05) is 109 Å². The summed E-state index contributed by atoms with van der Waals surface area (Å²) in [5.41, 5.74) is 2.65. The third-order valence-corrected chi connectivity index (χ3v) is 5.34. The maximum atomic E-state index is 13.7. The summed E-state index contributed by atoms with van der Waals surface area (Å²) in [7, 11) is 0. The van der Waals surface area contributed by atoms with Gasteiger partial charge >= 0.3 is 0 Å². The van der Waals surface area contributed by atoms with Gasteiger partial charge in [0.1, 0.15) is 6.10 Å². The number of hydrogen-bond acceptors (Lipinski definition) is 2. The van der Waals surface area contributed by atoms with E-state index in [-0.39, 0.29) is 5.78 Å². The molecule has 1 aliphatic carbocycles. The van der Waals surface area contributed by atoms with Crippen LogP contribution in [0.5, 0.6) is 0 Å². The molecule has 1 aliphatic rings. The van der Waals surface area contributed by atoms with E-state index in [1.165, 1.54) is 0 Å². The molecule has 0 saturated heterocycles. The van der Waals surface area contributed by atoms with Crippen LogP contribution in [0.3, 0.4) is 0 Å². The summed E-state index contributed by atoms with van der Waals surface area (Å²) in [5.74, 6) is -0.206. The molecule has 0 amide bonds. The fourth-order valence-electron chi connectivity index (χ4n) is 3.84. The molecule has 0 fully saturated rings. The average Bonchev–Trinajstić information content (AvgIpc) is 2.80. The van der Waals surface area contributed by atoms with Crippen LogP contribution in [0, 0.1) is 0 Å². The second-order valence-electron chi connectivity index (χ2n) is 7.09. The molecule has 0 bridgehead atoms. The predicted molar refractivity (Wildman–Crippen MR) is 113 cm³/mol. The topological polar surface area (TPSA) is 37.3 Å². The molecule has 0 aromatic heterocycles. The average molecular weight is 366 g/mol. The lowest BCUT2D eigenvalue weighted by Gasteiger charge is -2.34. The molecule has 3 aromatic carbocycles. The van der Waals surface area contributed by atoms with Crippen LogP contribution >= 0.6 is 0 Å². The third kappa shape index (κ3) is 3.35. The molecular weight excluding hydrogens is 344 g/mol. The Morgan fingerprint density at radius 1 is 0.821 bits per heavy atom. The fourth-order valence-corrected chi connectivity index (χ4v) is 3.84. The van der Waals surface area contributed by atoms with Crippen molar-refractivity contribution in [3.8, 4) is 0 Å². The number of hydrogen-bond donors (Lipinski definition) is 1. The Hall–Kier alpha value is -3.23. The first-order valence-corrected chi connectivity index (χ1v) is 9.48. The maximum absolute atomic E-state index is 13.7. The first-order chi connectivity index (χ1) is 13.7. The lowest BCUT2D eigenvalue weighted by Crippen LogP contribution is -2.38. The standard InChI is InChI=1S/C26H22O2/c27-24(21-13-6-2-7-14-21)25(28)26(23-16-8-3-9-17-23)18-10-15-22(19-26)20-11-4-1-5-12-20/h1-17,19,24,27H,18H2. The van der Waals surface area contributed by atoms with Crippen molar-refractivity contribution < 1.29 is 9.90 Å². The Labute approximate surface area is 165 Å². The number of aliphatic hydroxyl groups excluding tert-OH is 1. The fraction of sp³-hybridized carbons (Fsp3) is 0.115. The van der Waals surface area contributed by atoms with E-state index < -0.39 is 11.5 Å². The summed E-state index contributed by atoms with van der Waals surface area (Å²) in [6, 6.07) is 28.9. The Kier molecular flexibility index (Phi) is 5.05. The van der Waals surface area contributed by atoms with Gasteiger partial charge in [-0.3, -0.25) is 4.79 Å². The molecular formula is C26H22O2. The molecule has 2 heteroatoms. The first kappa shape index (κ1) is 18.1. The van der Waals surface area contributed by atoms with E-state index in [1.807, 2.05) is 91.0 Å². The van der Waals surface area contributed by atoms with Crippen LogP contribution in [-0.4, -0.2) is 10.9 Å². The van der Waals surface area contributed by atoms with E-state index in [9.17, 15) is 9.90 Å². The summed E-state index contributed by atoms with van der Waals surface area (Å²) in [6.07, 6.45) is 5.45. The summed E-state index contributed by atoms with van der Waals surface area (Å²) < 4.78 is 0. The Morgan fingerprint density at radius 2 is 1.39 bits per heavy atom. The van der Waals surface area contributed by atoms with Gasteiger partial charge in [0.25, 0.3) is 0 Å². The monoisotopic (exact) mass is 366 g/mol. The van der Waals surface area contributed by atoms with Crippen LogP contribution in [0.1, 0.15) is 29.2 Å². The van der Waals surface area contributed by atoms with E-state index >= 15 is 0 Å². The molecule has 0 spiro atoms. The molecule has 2 nitrogen and oxygen atoms in total. The summed E-state index contributed by atoms with van der Waals surface area (Å²) in [4.78, 5) is 13.7. The first-order valence-electron chi connectivity index (χ1n) is 9.48. The van der Waals surface area contributed by atoms with E-state index in [0.29, 0.717) is 12.0 Å². The molecule has 138 valence electrons. The number of aliphatic hydroxyl groups is 1. The van der Waals surface area contributed by atoms with E-state index in [1.54, 1.807) is 12.1 Å². The van der Waals surface area contributed by atoms with Gasteiger partial charge in [0.2, 0.25) is 0 Å². The number of Topliss-reactive ketones (excluding diaryl/α,β-unsaturated/α-hetero) is 1. The molecule has 1 N–H and O–H groups in total. The van der Waals surface area contributed by atoms with E-state index in [2.05, 4.69) is 6.08 Å². The lowest BCUT2D eigenvalue weighted by molar-refractivity contribution is -0.131.